The van der Waals surface area contributed by atoms with Gasteiger partial charge < -0.3 is 0 Å². The van der Waals surface area contributed by atoms with E-state index in [1.807, 2.05) is 17.5 Å². The molecule has 0 aliphatic heterocycles. The summed E-state index contributed by atoms with van der Waals surface area (Å²) in [6, 6.07) is 12.4. The molecule has 0 saturated carbocycles. The predicted molar refractivity (Wildman–Crippen MR) is 88.7 cm³/mol. The molecule has 21 heavy (non-hydrogen) atoms. The molecule has 0 aliphatic carbocycles. The van der Waals surface area contributed by atoms with Crippen LogP contribution >= 0.6 is 22.9 Å². The first-order valence-corrected chi connectivity index (χ1v) is 8.18. The Bertz CT molecular complexity index is 727. The predicted octanol–water partition coefficient (Wildman–Crippen LogP) is 4.37. The van der Waals surface area contributed by atoms with Crippen molar-refractivity contribution in [1.82, 2.24) is 14.9 Å². The van der Waals surface area contributed by atoms with Crippen molar-refractivity contribution in [3.8, 4) is 0 Å². The summed E-state index contributed by atoms with van der Waals surface area (Å²) in [7, 11) is 0. The highest BCUT2D eigenvalue weighted by atomic mass is 35.5. The summed E-state index contributed by atoms with van der Waals surface area (Å²) in [5.74, 6) is 0.785. The standard InChI is InChI=1S/C16H16ClN3S/c1-2-20(10-12-6-4-3-5-7-12)11-14-18-15(17)13-8-9-21-16(13)19-14/h3-9H,2,10-11H2,1H3. The number of rotatable bonds is 5. The van der Waals surface area contributed by atoms with Gasteiger partial charge in [0.1, 0.15) is 15.8 Å². The van der Waals surface area contributed by atoms with Gasteiger partial charge in [-0.1, -0.05) is 48.9 Å². The Morgan fingerprint density at radius 2 is 1.90 bits per heavy atom. The van der Waals surface area contributed by atoms with Gasteiger partial charge in [0, 0.05) is 11.9 Å². The van der Waals surface area contributed by atoms with Crippen LogP contribution in [0.25, 0.3) is 10.2 Å². The van der Waals surface area contributed by atoms with Crippen LogP contribution in [0.1, 0.15) is 18.3 Å². The molecule has 0 unspecified atom stereocenters. The van der Waals surface area contributed by atoms with E-state index < -0.39 is 0 Å². The molecule has 0 N–H and O–H groups in total. The topological polar surface area (TPSA) is 29.0 Å². The molecule has 0 aliphatic rings. The number of thiophene rings is 1. The van der Waals surface area contributed by atoms with E-state index in [1.165, 1.54) is 5.56 Å². The second kappa shape index (κ2) is 6.52. The second-order valence-corrected chi connectivity index (χ2v) is 6.11. The minimum Gasteiger partial charge on any atom is -0.292 e. The van der Waals surface area contributed by atoms with Gasteiger partial charge in [-0.05, 0) is 23.6 Å². The zero-order valence-corrected chi connectivity index (χ0v) is 13.4. The molecular formula is C16H16ClN3S. The summed E-state index contributed by atoms with van der Waals surface area (Å²) in [6.07, 6.45) is 0. The van der Waals surface area contributed by atoms with Crippen molar-refractivity contribution in [2.45, 2.75) is 20.0 Å². The van der Waals surface area contributed by atoms with Crippen molar-refractivity contribution in [2.24, 2.45) is 0 Å². The number of hydrogen-bond donors (Lipinski definition) is 0. The quantitative estimate of drug-likeness (QED) is 0.654. The van der Waals surface area contributed by atoms with E-state index in [9.17, 15) is 0 Å². The number of hydrogen-bond acceptors (Lipinski definition) is 4. The largest absolute Gasteiger partial charge is 0.292 e. The van der Waals surface area contributed by atoms with E-state index in [1.54, 1.807) is 11.3 Å². The third-order valence-corrected chi connectivity index (χ3v) is 4.48. The summed E-state index contributed by atoms with van der Waals surface area (Å²) in [5.41, 5.74) is 1.29. The van der Waals surface area contributed by atoms with Gasteiger partial charge >= 0.3 is 0 Å². The van der Waals surface area contributed by atoms with Crippen molar-refractivity contribution >= 4 is 33.2 Å². The van der Waals surface area contributed by atoms with Crippen LogP contribution in [0, 0.1) is 0 Å². The third-order valence-electron chi connectivity index (χ3n) is 3.39. The molecule has 0 fully saturated rings. The van der Waals surface area contributed by atoms with Crippen LogP contribution in [0.2, 0.25) is 5.15 Å². The molecule has 3 rings (SSSR count). The lowest BCUT2D eigenvalue weighted by molar-refractivity contribution is 0.265. The van der Waals surface area contributed by atoms with E-state index in [0.717, 1.165) is 29.1 Å². The third kappa shape index (κ3) is 3.40. The highest BCUT2D eigenvalue weighted by Crippen LogP contribution is 2.25. The Morgan fingerprint density at radius 3 is 2.67 bits per heavy atom. The highest BCUT2D eigenvalue weighted by molar-refractivity contribution is 7.16. The van der Waals surface area contributed by atoms with Gasteiger partial charge in [-0.15, -0.1) is 11.3 Å². The number of benzene rings is 1. The van der Waals surface area contributed by atoms with Gasteiger partial charge in [-0.2, -0.15) is 0 Å². The zero-order valence-electron chi connectivity index (χ0n) is 11.8. The average Bonchev–Trinajstić information content (AvgIpc) is 2.96. The first kappa shape index (κ1) is 14.4. The Balaban J connectivity index is 1.79. The van der Waals surface area contributed by atoms with E-state index in [4.69, 9.17) is 11.6 Å². The summed E-state index contributed by atoms with van der Waals surface area (Å²) < 4.78 is 0. The molecule has 0 amide bonds. The average molecular weight is 318 g/mol. The van der Waals surface area contributed by atoms with Crippen LogP contribution in [-0.4, -0.2) is 21.4 Å². The fraction of sp³-hybridized carbons (Fsp3) is 0.250. The highest BCUT2D eigenvalue weighted by Gasteiger charge is 2.11. The van der Waals surface area contributed by atoms with Crippen LogP contribution < -0.4 is 0 Å². The lowest BCUT2D eigenvalue weighted by atomic mass is 10.2. The molecule has 108 valence electrons. The zero-order chi connectivity index (χ0) is 14.7. The van der Waals surface area contributed by atoms with Gasteiger partial charge in [0.15, 0.2) is 0 Å². The Kier molecular flexibility index (Phi) is 4.48. The lowest BCUT2D eigenvalue weighted by Gasteiger charge is -2.19. The van der Waals surface area contributed by atoms with E-state index >= 15 is 0 Å². The first-order chi connectivity index (χ1) is 10.3. The van der Waals surface area contributed by atoms with Crippen LogP contribution in [0.3, 0.4) is 0 Å². The minimum atomic E-state index is 0.548. The Hall–Kier alpha value is -1.49. The van der Waals surface area contributed by atoms with Crippen molar-refractivity contribution in [2.75, 3.05) is 6.54 Å². The normalized spacial score (nSPS) is 11.4. The lowest BCUT2D eigenvalue weighted by Crippen LogP contribution is -2.23. The van der Waals surface area contributed by atoms with Crippen LogP contribution in [0.15, 0.2) is 41.8 Å². The van der Waals surface area contributed by atoms with Crippen LogP contribution in [0.5, 0.6) is 0 Å². The summed E-state index contributed by atoms with van der Waals surface area (Å²) in [6.45, 7) is 4.69. The smallest absolute Gasteiger partial charge is 0.145 e. The van der Waals surface area contributed by atoms with Crippen molar-refractivity contribution in [3.63, 3.8) is 0 Å². The van der Waals surface area contributed by atoms with Crippen molar-refractivity contribution in [1.29, 1.82) is 0 Å². The molecule has 0 saturated heterocycles. The summed E-state index contributed by atoms with van der Waals surface area (Å²) in [5, 5.41) is 3.49. The molecule has 3 nitrogen and oxygen atoms in total. The van der Waals surface area contributed by atoms with Crippen LogP contribution in [0.4, 0.5) is 0 Å². The first-order valence-electron chi connectivity index (χ1n) is 6.92. The Morgan fingerprint density at radius 1 is 1.10 bits per heavy atom. The van der Waals surface area contributed by atoms with Gasteiger partial charge in [0.05, 0.1) is 6.54 Å². The maximum atomic E-state index is 6.23. The second-order valence-electron chi connectivity index (χ2n) is 4.86. The fourth-order valence-corrected chi connectivity index (χ4v) is 3.34. The monoisotopic (exact) mass is 317 g/mol. The molecule has 0 radical (unpaired) electrons. The molecule has 2 heterocycles. The van der Waals surface area contributed by atoms with Gasteiger partial charge in [-0.3, -0.25) is 4.90 Å². The molecular weight excluding hydrogens is 302 g/mol. The van der Waals surface area contributed by atoms with Gasteiger partial charge in [-0.25, -0.2) is 9.97 Å². The van der Waals surface area contributed by atoms with Gasteiger partial charge in [0.2, 0.25) is 0 Å². The molecule has 5 heteroatoms. The number of aromatic nitrogens is 2. The SMILES string of the molecule is CCN(Cc1ccccc1)Cc1nc(Cl)c2ccsc2n1. The molecule has 1 aromatic carbocycles. The fourth-order valence-electron chi connectivity index (χ4n) is 2.25. The maximum absolute atomic E-state index is 6.23. The maximum Gasteiger partial charge on any atom is 0.145 e. The molecule has 0 spiro atoms. The summed E-state index contributed by atoms with van der Waals surface area (Å²) in [4.78, 5) is 12.3. The van der Waals surface area contributed by atoms with Crippen molar-refractivity contribution < 1.29 is 0 Å². The number of fused-ring (bicyclic) bond motifs is 1. The Labute approximate surface area is 133 Å². The minimum absolute atomic E-state index is 0.548. The van der Waals surface area contributed by atoms with Gasteiger partial charge in [0.25, 0.3) is 0 Å². The van der Waals surface area contributed by atoms with E-state index in [-0.39, 0.29) is 0 Å². The molecule has 3 aromatic rings. The molecule has 0 atom stereocenters. The molecule has 0 bridgehead atoms. The van der Waals surface area contributed by atoms with E-state index in [0.29, 0.717) is 11.7 Å². The van der Waals surface area contributed by atoms with Crippen LogP contribution in [-0.2, 0) is 13.1 Å². The molecule has 2 aromatic heterocycles. The number of nitrogens with zero attached hydrogens (tertiary/aromatic N) is 3. The number of halogens is 1. The van der Waals surface area contributed by atoms with Crippen molar-refractivity contribution in [3.05, 3.63) is 58.3 Å². The van der Waals surface area contributed by atoms with E-state index in [2.05, 4.69) is 46.1 Å². The summed E-state index contributed by atoms with van der Waals surface area (Å²) >= 11 is 7.83.